The zero-order valence-corrected chi connectivity index (χ0v) is 12.5. The van der Waals surface area contributed by atoms with E-state index in [4.69, 9.17) is 4.74 Å². The Kier molecular flexibility index (Phi) is 4.60. The smallest absolute Gasteiger partial charge is 0.253 e. The third kappa shape index (κ3) is 3.78. The lowest BCUT2D eigenvalue weighted by atomic mass is 9.94. The highest BCUT2D eigenvalue weighted by Crippen LogP contribution is 2.22. The molecule has 1 fully saturated rings. The van der Waals surface area contributed by atoms with Crippen LogP contribution in [0.5, 0.6) is 0 Å². The van der Waals surface area contributed by atoms with Gasteiger partial charge in [-0.2, -0.15) is 0 Å². The van der Waals surface area contributed by atoms with E-state index >= 15 is 0 Å². The van der Waals surface area contributed by atoms with Gasteiger partial charge in [0.1, 0.15) is 0 Å². The second-order valence-corrected chi connectivity index (χ2v) is 5.92. The quantitative estimate of drug-likeness (QED) is 0.924. The summed E-state index contributed by atoms with van der Waals surface area (Å²) in [6, 6.07) is 7.27. The van der Waals surface area contributed by atoms with Gasteiger partial charge in [-0.3, -0.25) is 4.79 Å². The van der Waals surface area contributed by atoms with E-state index in [-0.39, 0.29) is 5.91 Å². The van der Waals surface area contributed by atoms with Crippen molar-refractivity contribution in [2.75, 3.05) is 26.8 Å². The number of halogens is 1. The van der Waals surface area contributed by atoms with Gasteiger partial charge in [-0.25, -0.2) is 0 Å². The standard InChI is InChI=1S/C14H18BrNO3/c1-16(10-14(18)5-7-19-8-6-14)13(17)11-3-2-4-12(15)9-11/h2-4,9,18H,5-8,10H2,1H3. The summed E-state index contributed by atoms with van der Waals surface area (Å²) >= 11 is 3.35. The van der Waals surface area contributed by atoms with E-state index in [0.29, 0.717) is 38.2 Å². The molecule has 1 aliphatic heterocycles. The number of ether oxygens (including phenoxy) is 1. The number of rotatable bonds is 3. The fourth-order valence-corrected chi connectivity index (χ4v) is 2.66. The molecular weight excluding hydrogens is 310 g/mol. The molecule has 0 aromatic heterocycles. The summed E-state index contributed by atoms with van der Waals surface area (Å²) in [5, 5.41) is 10.4. The van der Waals surface area contributed by atoms with Gasteiger partial charge in [0.25, 0.3) is 5.91 Å². The summed E-state index contributed by atoms with van der Waals surface area (Å²) in [5.74, 6) is -0.0822. The molecule has 1 aromatic carbocycles. The Labute approximate surface area is 121 Å². The Morgan fingerprint density at radius 2 is 2.16 bits per heavy atom. The number of amides is 1. The van der Waals surface area contributed by atoms with Crippen molar-refractivity contribution in [3.63, 3.8) is 0 Å². The summed E-state index contributed by atoms with van der Waals surface area (Å²) in [5.41, 5.74) is -0.207. The topological polar surface area (TPSA) is 49.8 Å². The fraction of sp³-hybridized carbons (Fsp3) is 0.500. The van der Waals surface area contributed by atoms with Crippen molar-refractivity contribution in [2.24, 2.45) is 0 Å². The molecule has 0 bridgehead atoms. The van der Waals surface area contributed by atoms with Crippen LogP contribution in [0, 0.1) is 0 Å². The maximum Gasteiger partial charge on any atom is 0.253 e. The molecule has 1 heterocycles. The molecule has 1 aromatic rings. The van der Waals surface area contributed by atoms with Crippen molar-refractivity contribution in [2.45, 2.75) is 18.4 Å². The highest BCUT2D eigenvalue weighted by Gasteiger charge is 2.32. The van der Waals surface area contributed by atoms with Crippen LogP contribution in [0.25, 0.3) is 0 Å². The van der Waals surface area contributed by atoms with Gasteiger partial charge in [0.15, 0.2) is 0 Å². The Hall–Kier alpha value is -0.910. The van der Waals surface area contributed by atoms with Gasteiger partial charge in [-0.1, -0.05) is 22.0 Å². The Morgan fingerprint density at radius 3 is 2.79 bits per heavy atom. The van der Waals surface area contributed by atoms with Crippen LogP contribution < -0.4 is 0 Å². The first-order valence-corrected chi connectivity index (χ1v) is 7.11. The van der Waals surface area contributed by atoms with Crippen molar-refractivity contribution in [1.82, 2.24) is 4.90 Å². The summed E-state index contributed by atoms with van der Waals surface area (Å²) in [6.45, 7) is 1.44. The van der Waals surface area contributed by atoms with Crippen LogP contribution in [-0.4, -0.2) is 48.3 Å². The van der Waals surface area contributed by atoms with Gasteiger partial charge >= 0.3 is 0 Å². The van der Waals surface area contributed by atoms with Gasteiger partial charge < -0.3 is 14.7 Å². The molecule has 0 aliphatic carbocycles. The first-order valence-electron chi connectivity index (χ1n) is 6.31. The molecule has 1 saturated heterocycles. The molecule has 0 spiro atoms. The minimum absolute atomic E-state index is 0.0822. The van der Waals surface area contributed by atoms with E-state index in [9.17, 15) is 9.90 Å². The Bertz CT molecular complexity index is 458. The number of carbonyl (C=O) groups excluding carboxylic acids is 1. The lowest BCUT2D eigenvalue weighted by Crippen LogP contribution is -2.47. The van der Waals surface area contributed by atoms with Crippen molar-refractivity contribution < 1.29 is 14.6 Å². The van der Waals surface area contributed by atoms with Crippen molar-refractivity contribution in [1.29, 1.82) is 0 Å². The van der Waals surface area contributed by atoms with Crippen LogP contribution in [0.2, 0.25) is 0 Å². The number of benzene rings is 1. The Balaban J connectivity index is 2.03. The molecule has 0 radical (unpaired) electrons. The van der Waals surface area contributed by atoms with Gasteiger partial charge in [0, 0.05) is 49.7 Å². The lowest BCUT2D eigenvalue weighted by molar-refractivity contribution is -0.0734. The van der Waals surface area contributed by atoms with Crippen molar-refractivity contribution in [3.8, 4) is 0 Å². The number of carbonyl (C=O) groups is 1. The minimum atomic E-state index is -0.825. The first kappa shape index (κ1) is 14.5. The van der Waals surface area contributed by atoms with Crippen LogP contribution in [-0.2, 0) is 4.74 Å². The third-order valence-corrected chi connectivity index (χ3v) is 3.87. The highest BCUT2D eigenvalue weighted by molar-refractivity contribution is 9.10. The van der Waals surface area contributed by atoms with Crippen LogP contribution in [0.1, 0.15) is 23.2 Å². The zero-order valence-electron chi connectivity index (χ0n) is 10.9. The summed E-state index contributed by atoms with van der Waals surface area (Å²) in [7, 11) is 1.72. The predicted octanol–water partition coefficient (Wildman–Crippen LogP) is 2.06. The average molecular weight is 328 g/mol. The van der Waals surface area contributed by atoms with E-state index < -0.39 is 5.60 Å². The summed E-state index contributed by atoms with van der Waals surface area (Å²) in [6.07, 6.45) is 1.15. The number of nitrogens with zero attached hydrogens (tertiary/aromatic N) is 1. The Morgan fingerprint density at radius 1 is 1.47 bits per heavy atom. The largest absolute Gasteiger partial charge is 0.388 e. The average Bonchev–Trinajstić information content (AvgIpc) is 2.38. The molecule has 1 amide bonds. The molecule has 1 aliphatic rings. The fourth-order valence-electron chi connectivity index (χ4n) is 2.26. The summed E-state index contributed by atoms with van der Waals surface area (Å²) in [4.78, 5) is 13.9. The van der Waals surface area contributed by atoms with Gasteiger partial charge in [-0.05, 0) is 18.2 Å². The number of aliphatic hydroxyl groups is 1. The maximum absolute atomic E-state index is 12.3. The lowest BCUT2D eigenvalue weighted by Gasteiger charge is -2.35. The molecule has 0 saturated carbocycles. The second kappa shape index (κ2) is 6.03. The van der Waals surface area contributed by atoms with Gasteiger partial charge in [0.2, 0.25) is 0 Å². The molecule has 104 valence electrons. The van der Waals surface area contributed by atoms with E-state index in [0.717, 1.165) is 4.47 Å². The summed E-state index contributed by atoms with van der Waals surface area (Å²) < 4.78 is 6.11. The monoisotopic (exact) mass is 327 g/mol. The van der Waals surface area contributed by atoms with Crippen LogP contribution >= 0.6 is 15.9 Å². The molecule has 1 N–H and O–H groups in total. The maximum atomic E-state index is 12.3. The van der Waals surface area contributed by atoms with Crippen LogP contribution in [0.15, 0.2) is 28.7 Å². The van der Waals surface area contributed by atoms with Crippen LogP contribution in [0.4, 0.5) is 0 Å². The van der Waals surface area contributed by atoms with Gasteiger partial charge in [0.05, 0.1) is 5.60 Å². The predicted molar refractivity (Wildman–Crippen MR) is 76.1 cm³/mol. The molecular formula is C14H18BrNO3. The van der Waals surface area contributed by atoms with E-state index in [1.54, 1.807) is 24.1 Å². The number of hydrogen-bond acceptors (Lipinski definition) is 3. The molecule has 4 nitrogen and oxygen atoms in total. The third-order valence-electron chi connectivity index (χ3n) is 3.37. The molecule has 0 unspecified atom stereocenters. The number of hydrogen-bond donors (Lipinski definition) is 1. The number of likely N-dealkylation sites (N-methyl/N-ethyl adjacent to an activating group) is 1. The molecule has 5 heteroatoms. The molecule has 19 heavy (non-hydrogen) atoms. The van der Waals surface area contributed by atoms with Crippen molar-refractivity contribution >= 4 is 21.8 Å². The minimum Gasteiger partial charge on any atom is -0.388 e. The van der Waals surface area contributed by atoms with E-state index in [1.165, 1.54) is 0 Å². The van der Waals surface area contributed by atoms with E-state index in [1.807, 2.05) is 12.1 Å². The normalized spacial score (nSPS) is 18.1. The molecule has 2 rings (SSSR count). The zero-order chi connectivity index (χ0) is 13.9. The second-order valence-electron chi connectivity index (χ2n) is 5.01. The van der Waals surface area contributed by atoms with Crippen LogP contribution in [0.3, 0.4) is 0 Å². The van der Waals surface area contributed by atoms with E-state index in [2.05, 4.69) is 15.9 Å². The van der Waals surface area contributed by atoms with Gasteiger partial charge in [-0.15, -0.1) is 0 Å². The highest BCUT2D eigenvalue weighted by atomic mass is 79.9. The SMILES string of the molecule is CN(CC1(O)CCOCC1)C(=O)c1cccc(Br)c1. The molecule has 0 atom stereocenters. The first-order chi connectivity index (χ1) is 9.00. The van der Waals surface area contributed by atoms with Crippen molar-refractivity contribution in [3.05, 3.63) is 34.3 Å².